The first-order chi connectivity index (χ1) is 9.15. The number of amides is 1. The third-order valence-electron chi connectivity index (χ3n) is 5.44. The Labute approximate surface area is 114 Å². The summed E-state index contributed by atoms with van der Waals surface area (Å²) in [4.78, 5) is 12.7. The van der Waals surface area contributed by atoms with E-state index in [1.165, 1.54) is 19.3 Å². The monoisotopic (exact) mass is 267 g/mol. The highest BCUT2D eigenvalue weighted by atomic mass is 16.5. The Kier molecular flexibility index (Phi) is 3.56. The summed E-state index contributed by atoms with van der Waals surface area (Å²) < 4.78 is 5.04. The minimum Gasteiger partial charge on any atom is -0.394 e. The molecule has 1 unspecified atom stereocenters. The Hall–Kier alpha value is -0.610. The summed E-state index contributed by atoms with van der Waals surface area (Å²) in [7, 11) is 1.60. The fourth-order valence-corrected chi connectivity index (χ4v) is 5.07. The SMILES string of the molecule is COCC(CO)NC(=O)C12CC3CC(CC(C3)C1)C2. The molecule has 1 amide bonds. The normalized spacial score (nSPS) is 41.3. The lowest BCUT2D eigenvalue weighted by atomic mass is 9.49. The Balaban J connectivity index is 1.69. The Bertz CT molecular complexity index is 320. The van der Waals surface area contributed by atoms with E-state index in [1.54, 1.807) is 7.11 Å². The molecule has 2 N–H and O–H groups in total. The van der Waals surface area contributed by atoms with Crippen molar-refractivity contribution in [2.24, 2.45) is 23.2 Å². The molecule has 0 saturated heterocycles. The van der Waals surface area contributed by atoms with E-state index in [4.69, 9.17) is 4.74 Å². The lowest BCUT2D eigenvalue weighted by Crippen LogP contribution is -2.56. The van der Waals surface area contributed by atoms with Crippen LogP contribution in [0, 0.1) is 23.2 Å². The van der Waals surface area contributed by atoms with E-state index in [9.17, 15) is 9.90 Å². The van der Waals surface area contributed by atoms with Gasteiger partial charge in [-0.3, -0.25) is 4.79 Å². The second-order valence-corrected chi connectivity index (χ2v) is 7.01. The van der Waals surface area contributed by atoms with Crippen LogP contribution in [0.1, 0.15) is 38.5 Å². The third kappa shape index (κ3) is 2.40. The van der Waals surface area contributed by atoms with E-state index < -0.39 is 0 Å². The van der Waals surface area contributed by atoms with Crippen molar-refractivity contribution >= 4 is 5.91 Å². The molecule has 4 aliphatic carbocycles. The van der Waals surface area contributed by atoms with Gasteiger partial charge in [-0.05, 0) is 56.3 Å². The van der Waals surface area contributed by atoms with E-state index in [0.29, 0.717) is 6.61 Å². The van der Waals surface area contributed by atoms with Crippen LogP contribution in [-0.4, -0.2) is 37.4 Å². The van der Waals surface area contributed by atoms with E-state index in [2.05, 4.69) is 5.32 Å². The van der Waals surface area contributed by atoms with Gasteiger partial charge < -0.3 is 15.2 Å². The van der Waals surface area contributed by atoms with Gasteiger partial charge in [0, 0.05) is 12.5 Å². The second kappa shape index (κ2) is 5.06. The summed E-state index contributed by atoms with van der Waals surface area (Å²) in [5.74, 6) is 2.48. The lowest BCUT2D eigenvalue weighted by molar-refractivity contribution is -0.147. The standard InChI is InChI=1S/C15H25NO3/c1-19-9-13(8-17)16-14(18)15-5-10-2-11(6-15)4-12(3-10)7-15/h10-13,17H,2-9H2,1H3,(H,16,18). The highest BCUT2D eigenvalue weighted by molar-refractivity contribution is 5.83. The molecular weight excluding hydrogens is 242 g/mol. The minimum atomic E-state index is -0.259. The summed E-state index contributed by atoms with van der Waals surface area (Å²) in [6.07, 6.45) is 7.22. The van der Waals surface area contributed by atoms with Crippen molar-refractivity contribution in [2.75, 3.05) is 20.3 Å². The van der Waals surface area contributed by atoms with Crippen LogP contribution in [0.2, 0.25) is 0 Å². The van der Waals surface area contributed by atoms with Crippen molar-refractivity contribution in [1.82, 2.24) is 5.32 Å². The number of carbonyl (C=O) groups is 1. The molecule has 4 heteroatoms. The molecule has 4 aliphatic rings. The predicted octanol–water partition coefficient (Wildman–Crippen LogP) is 1.33. The minimum absolute atomic E-state index is 0.0497. The molecule has 0 aromatic rings. The van der Waals surface area contributed by atoms with Crippen LogP contribution in [-0.2, 0) is 9.53 Å². The average molecular weight is 267 g/mol. The molecule has 0 aliphatic heterocycles. The molecule has 0 aromatic carbocycles. The van der Waals surface area contributed by atoms with Crippen LogP contribution in [0.4, 0.5) is 0 Å². The van der Waals surface area contributed by atoms with Crippen molar-refractivity contribution < 1.29 is 14.6 Å². The highest BCUT2D eigenvalue weighted by Crippen LogP contribution is 2.60. The van der Waals surface area contributed by atoms with Gasteiger partial charge in [0.2, 0.25) is 5.91 Å². The van der Waals surface area contributed by atoms with Crippen LogP contribution in [0.5, 0.6) is 0 Å². The third-order valence-corrected chi connectivity index (χ3v) is 5.44. The van der Waals surface area contributed by atoms with Crippen LogP contribution in [0.3, 0.4) is 0 Å². The summed E-state index contributed by atoms with van der Waals surface area (Å²) in [6, 6.07) is -0.259. The van der Waals surface area contributed by atoms with E-state index in [0.717, 1.165) is 37.0 Å². The molecule has 19 heavy (non-hydrogen) atoms. The first-order valence-electron chi connectivity index (χ1n) is 7.56. The number of rotatable bonds is 5. The summed E-state index contributed by atoms with van der Waals surface area (Å²) >= 11 is 0. The van der Waals surface area contributed by atoms with Gasteiger partial charge in [-0.25, -0.2) is 0 Å². The van der Waals surface area contributed by atoms with Crippen LogP contribution >= 0.6 is 0 Å². The van der Waals surface area contributed by atoms with Gasteiger partial charge in [0.25, 0.3) is 0 Å². The molecule has 4 fully saturated rings. The predicted molar refractivity (Wildman–Crippen MR) is 71.5 cm³/mol. The van der Waals surface area contributed by atoms with Gasteiger partial charge in [0.1, 0.15) is 0 Å². The van der Waals surface area contributed by atoms with Gasteiger partial charge in [0.15, 0.2) is 0 Å². The van der Waals surface area contributed by atoms with E-state index in [1.807, 2.05) is 0 Å². The quantitative estimate of drug-likeness (QED) is 0.790. The fraction of sp³-hybridized carbons (Fsp3) is 0.933. The molecule has 4 saturated carbocycles. The van der Waals surface area contributed by atoms with Crippen molar-refractivity contribution in [3.63, 3.8) is 0 Å². The molecule has 4 bridgehead atoms. The van der Waals surface area contributed by atoms with Gasteiger partial charge in [-0.15, -0.1) is 0 Å². The molecule has 4 nitrogen and oxygen atoms in total. The maximum Gasteiger partial charge on any atom is 0.226 e. The van der Waals surface area contributed by atoms with Gasteiger partial charge in [-0.1, -0.05) is 0 Å². The van der Waals surface area contributed by atoms with Crippen LogP contribution in [0.25, 0.3) is 0 Å². The number of ether oxygens (including phenoxy) is 1. The van der Waals surface area contributed by atoms with Crippen molar-refractivity contribution in [3.8, 4) is 0 Å². The zero-order valence-corrected chi connectivity index (χ0v) is 11.7. The largest absolute Gasteiger partial charge is 0.394 e. The first kappa shape index (κ1) is 13.4. The first-order valence-corrected chi connectivity index (χ1v) is 7.56. The Morgan fingerprint density at radius 1 is 1.26 bits per heavy atom. The zero-order valence-electron chi connectivity index (χ0n) is 11.7. The molecule has 0 heterocycles. The van der Waals surface area contributed by atoms with Gasteiger partial charge in [0.05, 0.1) is 19.3 Å². The number of hydrogen-bond acceptors (Lipinski definition) is 3. The van der Waals surface area contributed by atoms with Crippen molar-refractivity contribution in [1.29, 1.82) is 0 Å². The smallest absolute Gasteiger partial charge is 0.226 e. The molecule has 108 valence electrons. The van der Waals surface area contributed by atoms with Gasteiger partial charge in [-0.2, -0.15) is 0 Å². The number of hydrogen-bond donors (Lipinski definition) is 2. The fourth-order valence-electron chi connectivity index (χ4n) is 5.07. The number of nitrogens with one attached hydrogen (secondary N) is 1. The maximum absolute atomic E-state index is 12.7. The summed E-state index contributed by atoms with van der Waals surface area (Å²) in [5.41, 5.74) is -0.129. The van der Waals surface area contributed by atoms with E-state index in [-0.39, 0.29) is 24.0 Å². The summed E-state index contributed by atoms with van der Waals surface area (Å²) in [6.45, 7) is 0.334. The second-order valence-electron chi connectivity index (χ2n) is 7.01. The maximum atomic E-state index is 12.7. The molecule has 0 radical (unpaired) electrons. The highest BCUT2D eigenvalue weighted by Gasteiger charge is 2.54. The van der Waals surface area contributed by atoms with Crippen molar-refractivity contribution in [2.45, 2.75) is 44.6 Å². The molecular formula is C15H25NO3. The zero-order chi connectivity index (χ0) is 13.5. The molecule has 1 atom stereocenters. The topological polar surface area (TPSA) is 58.6 Å². The summed E-state index contributed by atoms with van der Waals surface area (Å²) in [5, 5.41) is 12.3. The number of aliphatic hydroxyl groups is 1. The van der Waals surface area contributed by atoms with Crippen LogP contribution < -0.4 is 5.32 Å². The lowest BCUT2D eigenvalue weighted by Gasteiger charge is -2.55. The molecule has 0 aromatic heterocycles. The van der Waals surface area contributed by atoms with Gasteiger partial charge >= 0.3 is 0 Å². The number of methoxy groups -OCH3 is 1. The van der Waals surface area contributed by atoms with E-state index >= 15 is 0 Å². The van der Waals surface area contributed by atoms with Crippen LogP contribution in [0.15, 0.2) is 0 Å². The molecule has 0 spiro atoms. The Morgan fingerprint density at radius 3 is 2.21 bits per heavy atom. The molecule has 4 rings (SSSR count). The number of aliphatic hydroxyl groups excluding tert-OH is 1. The van der Waals surface area contributed by atoms with Crippen molar-refractivity contribution in [3.05, 3.63) is 0 Å². The number of carbonyl (C=O) groups excluding carboxylic acids is 1. The average Bonchev–Trinajstić information content (AvgIpc) is 2.36. The Morgan fingerprint density at radius 2 is 1.79 bits per heavy atom.